The Morgan fingerprint density at radius 1 is 1.09 bits per heavy atom. The van der Waals surface area contributed by atoms with Gasteiger partial charge in [-0.1, -0.05) is 54.6 Å². The summed E-state index contributed by atoms with van der Waals surface area (Å²) in [5, 5.41) is 9.86. The molecule has 1 aromatic heterocycles. The summed E-state index contributed by atoms with van der Waals surface area (Å²) >= 11 is 0. The highest BCUT2D eigenvalue weighted by atomic mass is 16.1. The molecule has 4 heteroatoms. The topological polar surface area (TPSA) is 57.8 Å². The van der Waals surface area contributed by atoms with Gasteiger partial charge in [0.1, 0.15) is 0 Å². The number of aromatic nitrogens is 2. The lowest BCUT2D eigenvalue weighted by Crippen LogP contribution is -2.23. The van der Waals surface area contributed by atoms with E-state index in [9.17, 15) is 4.79 Å². The second-order valence-corrected chi connectivity index (χ2v) is 5.13. The van der Waals surface area contributed by atoms with E-state index in [4.69, 9.17) is 0 Å². The zero-order valence-corrected chi connectivity index (χ0v) is 12.3. The predicted octanol–water partition coefficient (Wildman–Crippen LogP) is 3.32. The highest BCUT2D eigenvalue weighted by molar-refractivity contribution is 5.99. The van der Waals surface area contributed by atoms with E-state index in [1.165, 1.54) is 5.56 Å². The molecule has 1 amide bonds. The number of carbonyl (C=O) groups is 1. The maximum absolute atomic E-state index is 12.4. The van der Waals surface area contributed by atoms with Gasteiger partial charge in [-0.15, -0.1) is 0 Å². The van der Waals surface area contributed by atoms with Gasteiger partial charge in [0.05, 0.1) is 17.5 Å². The van der Waals surface area contributed by atoms with Crippen molar-refractivity contribution in [1.29, 1.82) is 0 Å². The van der Waals surface area contributed by atoms with Crippen molar-refractivity contribution in [2.24, 2.45) is 0 Å². The molecule has 0 aliphatic carbocycles. The van der Waals surface area contributed by atoms with Crippen molar-refractivity contribution < 1.29 is 4.79 Å². The number of carbonyl (C=O) groups excluding carboxylic acids is 1. The van der Waals surface area contributed by atoms with E-state index in [1.54, 1.807) is 6.20 Å². The molecule has 0 fully saturated rings. The quantitative estimate of drug-likeness (QED) is 0.774. The lowest BCUT2D eigenvalue weighted by atomic mass is 10.1. The first-order valence-corrected chi connectivity index (χ1v) is 7.17. The number of aryl methyl sites for hydroxylation is 1. The molecule has 0 unspecified atom stereocenters. The van der Waals surface area contributed by atoms with Gasteiger partial charge in [-0.05, 0) is 18.1 Å². The van der Waals surface area contributed by atoms with Crippen LogP contribution in [0.2, 0.25) is 0 Å². The van der Waals surface area contributed by atoms with Crippen molar-refractivity contribution >= 4 is 5.91 Å². The molecule has 1 heterocycles. The molecule has 0 aliphatic heterocycles. The minimum Gasteiger partial charge on any atom is -0.348 e. The van der Waals surface area contributed by atoms with E-state index >= 15 is 0 Å². The Balaban J connectivity index is 1.77. The summed E-state index contributed by atoms with van der Waals surface area (Å²) in [6, 6.07) is 17.7. The van der Waals surface area contributed by atoms with Crippen LogP contribution < -0.4 is 5.32 Å². The first-order valence-electron chi connectivity index (χ1n) is 7.17. The SMILES string of the molecule is Cc1ccccc1CNC(=O)c1cn[nH]c1-c1ccccc1. The third-order valence-corrected chi connectivity index (χ3v) is 3.65. The molecule has 0 spiro atoms. The molecule has 2 N–H and O–H groups in total. The van der Waals surface area contributed by atoms with E-state index in [1.807, 2.05) is 61.5 Å². The van der Waals surface area contributed by atoms with Crippen molar-refractivity contribution in [3.63, 3.8) is 0 Å². The molecule has 110 valence electrons. The van der Waals surface area contributed by atoms with Crippen molar-refractivity contribution in [3.8, 4) is 11.3 Å². The van der Waals surface area contributed by atoms with Gasteiger partial charge in [0.15, 0.2) is 0 Å². The van der Waals surface area contributed by atoms with Crippen molar-refractivity contribution in [1.82, 2.24) is 15.5 Å². The van der Waals surface area contributed by atoms with Crippen LogP contribution in [0.1, 0.15) is 21.5 Å². The van der Waals surface area contributed by atoms with E-state index < -0.39 is 0 Å². The molecular formula is C18H17N3O. The average Bonchev–Trinajstić information content (AvgIpc) is 3.04. The zero-order valence-electron chi connectivity index (χ0n) is 12.3. The molecular weight excluding hydrogens is 274 g/mol. The van der Waals surface area contributed by atoms with Crippen molar-refractivity contribution in [2.45, 2.75) is 13.5 Å². The Morgan fingerprint density at radius 3 is 2.59 bits per heavy atom. The smallest absolute Gasteiger partial charge is 0.255 e. The number of nitrogens with zero attached hydrogens (tertiary/aromatic N) is 1. The lowest BCUT2D eigenvalue weighted by molar-refractivity contribution is 0.0951. The molecule has 4 nitrogen and oxygen atoms in total. The number of rotatable bonds is 4. The highest BCUT2D eigenvalue weighted by Gasteiger charge is 2.14. The zero-order chi connectivity index (χ0) is 15.4. The number of aromatic amines is 1. The van der Waals surface area contributed by atoms with E-state index in [-0.39, 0.29) is 5.91 Å². The fourth-order valence-electron chi connectivity index (χ4n) is 2.36. The summed E-state index contributed by atoms with van der Waals surface area (Å²) in [6.45, 7) is 2.54. The minimum absolute atomic E-state index is 0.129. The van der Waals surface area contributed by atoms with Gasteiger partial charge in [0.2, 0.25) is 0 Å². The molecule has 0 radical (unpaired) electrons. The second kappa shape index (κ2) is 6.26. The van der Waals surface area contributed by atoms with E-state index in [0.29, 0.717) is 12.1 Å². The van der Waals surface area contributed by atoms with Gasteiger partial charge in [-0.3, -0.25) is 9.89 Å². The van der Waals surface area contributed by atoms with Gasteiger partial charge in [-0.25, -0.2) is 0 Å². The van der Waals surface area contributed by atoms with Gasteiger partial charge in [0.25, 0.3) is 5.91 Å². The molecule has 0 saturated heterocycles. The van der Waals surface area contributed by atoms with Crippen LogP contribution in [-0.4, -0.2) is 16.1 Å². The van der Waals surface area contributed by atoms with Crippen LogP contribution in [0.15, 0.2) is 60.8 Å². The van der Waals surface area contributed by atoms with E-state index in [2.05, 4.69) is 15.5 Å². The molecule has 0 atom stereocenters. The normalized spacial score (nSPS) is 10.4. The third kappa shape index (κ3) is 2.91. The van der Waals surface area contributed by atoms with Crippen LogP contribution >= 0.6 is 0 Å². The number of H-pyrrole nitrogens is 1. The monoisotopic (exact) mass is 291 g/mol. The minimum atomic E-state index is -0.129. The standard InChI is InChI=1S/C18H17N3O/c1-13-7-5-6-10-15(13)11-19-18(22)16-12-20-21-17(16)14-8-3-2-4-9-14/h2-10,12H,11H2,1H3,(H,19,22)(H,20,21). The van der Waals surface area contributed by atoms with Gasteiger partial charge < -0.3 is 5.32 Å². The Kier molecular flexibility index (Phi) is 4.01. The van der Waals surface area contributed by atoms with Crippen LogP contribution in [0, 0.1) is 6.92 Å². The largest absolute Gasteiger partial charge is 0.348 e. The number of amides is 1. The number of nitrogens with one attached hydrogen (secondary N) is 2. The fraction of sp³-hybridized carbons (Fsp3) is 0.111. The average molecular weight is 291 g/mol. The Labute approximate surface area is 129 Å². The van der Waals surface area contributed by atoms with Crippen LogP contribution in [0.4, 0.5) is 0 Å². The summed E-state index contributed by atoms with van der Waals surface area (Å²) in [4.78, 5) is 12.4. The third-order valence-electron chi connectivity index (χ3n) is 3.65. The summed E-state index contributed by atoms with van der Waals surface area (Å²) in [5.74, 6) is -0.129. The Morgan fingerprint density at radius 2 is 1.82 bits per heavy atom. The Hall–Kier alpha value is -2.88. The van der Waals surface area contributed by atoms with Crippen LogP contribution in [0.3, 0.4) is 0 Å². The predicted molar refractivity (Wildman–Crippen MR) is 86.4 cm³/mol. The first kappa shape index (κ1) is 14.1. The van der Waals surface area contributed by atoms with Crippen LogP contribution in [-0.2, 0) is 6.54 Å². The molecule has 0 saturated carbocycles. The summed E-state index contributed by atoms with van der Waals surface area (Å²) in [6.07, 6.45) is 1.56. The summed E-state index contributed by atoms with van der Waals surface area (Å²) in [7, 11) is 0. The Bertz CT molecular complexity index is 778. The summed E-state index contributed by atoms with van der Waals surface area (Å²) < 4.78 is 0. The molecule has 3 rings (SSSR count). The van der Waals surface area contributed by atoms with Crippen molar-refractivity contribution in [3.05, 3.63) is 77.5 Å². The maximum atomic E-state index is 12.4. The van der Waals surface area contributed by atoms with Gasteiger partial charge >= 0.3 is 0 Å². The number of hydrogen-bond donors (Lipinski definition) is 2. The van der Waals surface area contributed by atoms with Gasteiger partial charge in [-0.2, -0.15) is 5.10 Å². The fourth-order valence-corrected chi connectivity index (χ4v) is 2.36. The van der Waals surface area contributed by atoms with Crippen molar-refractivity contribution in [2.75, 3.05) is 0 Å². The molecule has 3 aromatic rings. The van der Waals surface area contributed by atoms with Gasteiger partial charge in [0, 0.05) is 12.1 Å². The van der Waals surface area contributed by atoms with Crippen LogP contribution in [0.25, 0.3) is 11.3 Å². The van der Waals surface area contributed by atoms with E-state index in [0.717, 1.165) is 16.8 Å². The molecule has 0 aliphatic rings. The maximum Gasteiger partial charge on any atom is 0.255 e. The molecule has 0 bridgehead atoms. The highest BCUT2D eigenvalue weighted by Crippen LogP contribution is 2.20. The second-order valence-electron chi connectivity index (χ2n) is 5.13. The summed E-state index contributed by atoms with van der Waals surface area (Å²) in [5.41, 5.74) is 4.52. The number of hydrogen-bond acceptors (Lipinski definition) is 2. The lowest BCUT2D eigenvalue weighted by Gasteiger charge is -2.08. The molecule has 2 aromatic carbocycles. The van der Waals surface area contributed by atoms with Crippen LogP contribution in [0.5, 0.6) is 0 Å². The number of benzene rings is 2. The first-order chi connectivity index (χ1) is 10.8. The molecule has 22 heavy (non-hydrogen) atoms.